The third-order valence-corrected chi connectivity index (χ3v) is 2.48. The lowest BCUT2D eigenvalue weighted by molar-refractivity contribution is -0.117. The zero-order chi connectivity index (χ0) is 10.1. The molecule has 0 spiro atoms. The molecule has 1 unspecified atom stereocenters. The van der Waals surface area contributed by atoms with Gasteiger partial charge in [-0.25, -0.2) is 0 Å². The molecule has 0 aromatic rings. The van der Waals surface area contributed by atoms with Crippen molar-refractivity contribution in [1.82, 2.24) is 0 Å². The van der Waals surface area contributed by atoms with Crippen molar-refractivity contribution in [2.45, 2.75) is 52.4 Å². The van der Waals surface area contributed by atoms with E-state index in [2.05, 4.69) is 6.92 Å². The Hall–Kier alpha value is -0.370. The van der Waals surface area contributed by atoms with Crippen molar-refractivity contribution < 1.29 is 9.90 Å². The molecule has 1 N–H and O–H groups in total. The van der Waals surface area contributed by atoms with Gasteiger partial charge in [-0.05, 0) is 25.7 Å². The fraction of sp³-hybridized carbons (Fsp3) is 0.909. The van der Waals surface area contributed by atoms with Gasteiger partial charge >= 0.3 is 0 Å². The second-order valence-electron chi connectivity index (χ2n) is 3.76. The molecule has 0 aromatic carbocycles. The average Bonchev–Trinajstić information content (AvgIpc) is 2.11. The number of ketones is 1. The highest BCUT2D eigenvalue weighted by Crippen LogP contribution is 2.13. The molecule has 2 heteroatoms. The Morgan fingerprint density at radius 1 is 1.31 bits per heavy atom. The van der Waals surface area contributed by atoms with Gasteiger partial charge in [0.25, 0.3) is 0 Å². The first-order valence-electron chi connectivity index (χ1n) is 5.31. The van der Waals surface area contributed by atoms with Gasteiger partial charge in [0.1, 0.15) is 5.78 Å². The van der Waals surface area contributed by atoms with Crippen LogP contribution >= 0.6 is 0 Å². The number of carbonyl (C=O) groups is 1. The second-order valence-corrected chi connectivity index (χ2v) is 3.76. The van der Waals surface area contributed by atoms with Crippen molar-refractivity contribution in [3.05, 3.63) is 0 Å². The molecular weight excluding hydrogens is 164 g/mol. The van der Waals surface area contributed by atoms with Gasteiger partial charge in [0, 0.05) is 13.0 Å². The summed E-state index contributed by atoms with van der Waals surface area (Å²) in [7, 11) is 0. The highest BCUT2D eigenvalue weighted by atomic mass is 16.3. The van der Waals surface area contributed by atoms with E-state index >= 15 is 0 Å². The first-order chi connectivity index (χ1) is 6.20. The zero-order valence-corrected chi connectivity index (χ0v) is 8.88. The Labute approximate surface area is 81.3 Å². The fourth-order valence-corrected chi connectivity index (χ4v) is 1.41. The summed E-state index contributed by atoms with van der Waals surface area (Å²) in [6, 6.07) is 0. The van der Waals surface area contributed by atoms with E-state index in [4.69, 9.17) is 5.11 Å². The highest BCUT2D eigenvalue weighted by molar-refractivity contribution is 5.75. The molecule has 0 amide bonds. The normalized spacial score (nSPS) is 12.8. The molecule has 0 saturated heterocycles. The summed E-state index contributed by atoms with van der Waals surface area (Å²) in [5, 5.41) is 8.92. The van der Waals surface area contributed by atoms with Crippen LogP contribution in [0.1, 0.15) is 52.4 Å². The van der Waals surface area contributed by atoms with Crippen LogP contribution in [0.4, 0.5) is 0 Å². The van der Waals surface area contributed by atoms with E-state index in [1.165, 1.54) is 0 Å². The SMILES string of the molecule is CCC(CO)CCCCCC(C)=O. The van der Waals surface area contributed by atoms with Gasteiger partial charge < -0.3 is 9.90 Å². The first-order valence-corrected chi connectivity index (χ1v) is 5.31. The summed E-state index contributed by atoms with van der Waals surface area (Å²) in [5.74, 6) is 0.756. The number of hydrogen-bond donors (Lipinski definition) is 1. The zero-order valence-electron chi connectivity index (χ0n) is 8.88. The molecule has 13 heavy (non-hydrogen) atoms. The van der Waals surface area contributed by atoms with Gasteiger partial charge in [-0.1, -0.05) is 26.2 Å². The summed E-state index contributed by atoms with van der Waals surface area (Å²) >= 11 is 0. The van der Waals surface area contributed by atoms with E-state index in [9.17, 15) is 4.79 Å². The van der Waals surface area contributed by atoms with Crippen molar-refractivity contribution >= 4 is 5.78 Å². The molecule has 0 aliphatic rings. The molecule has 0 heterocycles. The van der Waals surface area contributed by atoms with Crippen LogP contribution in [0.15, 0.2) is 0 Å². The summed E-state index contributed by atoms with van der Waals surface area (Å²) in [6.45, 7) is 4.06. The van der Waals surface area contributed by atoms with Crippen molar-refractivity contribution in [3.63, 3.8) is 0 Å². The third-order valence-electron chi connectivity index (χ3n) is 2.48. The van der Waals surface area contributed by atoms with Crippen LogP contribution in [-0.4, -0.2) is 17.5 Å². The van der Waals surface area contributed by atoms with Crippen LogP contribution in [0, 0.1) is 5.92 Å². The van der Waals surface area contributed by atoms with Gasteiger partial charge in [0.2, 0.25) is 0 Å². The minimum Gasteiger partial charge on any atom is -0.396 e. The number of unbranched alkanes of at least 4 members (excludes halogenated alkanes) is 2. The van der Waals surface area contributed by atoms with Crippen molar-refractivity contribution in [2.75, 3.05) is 6.61 Å². The average molecular weight is 186 g/mol. The molecule has 0 aliphatic heterocycles. The van der Waals surface area contributed by atoms with Crippen LogP contribution in [0.25, 0.3) is 0 Å². The summed E-state index contributed by atoms with van der Waals surface area (Å²) in [6.07, 6.45) is 6.16. The molecule has 2 nitrogen and oxygen atoms in total. The van der Waals surface area contributed by atoms with Crippen molar-refractivity contribution in [3.8, 4) is 0 Å². The topological polar surface area (TPSA) is 37.3 Å². The quantitative estimate of drug-likeness (QED) is 0.591. The molecule has 0 aliphatic carbocycles. The van der Waals surface area contributed by atoms with E-state index < -0.39 is 0 Å². The molecule has 1 atom stereocenters. The highest BCUT2D eigenvalue weighted by Gasteiger charge is 2.03. The lowest BCUT2D eigenvalue weighted by Crippen LogP contribution is -2.04. The Kier molecular flexibility index (Phi) is 8.00. The van der Waals surface area contributed by atoms with Gasteiger partial charge in [-0.15, -0.1) is 0 Å². The predicted molar refractivity (Wildman–Crippen MR) is 54.6 cm³/mol. The maximum atomic E-state index is 10.6. The number of Topliss-reactive ketones (excluding diaryl/α,β-unsaturated/α-hetero) is 1. The number of aliphatic hydroxyl groups is 1. The number of carbonyl (C=O) groups excluding carboxylic acids is 1. The van der Waals surface area contributed by atoms with E-state index in [0.717, 1.165) is 38.5 Å². The van der Waals surface area contributed by atoms with Gasteiger partial charge in [0.15, 0.2) is 0 Å². The maximum absolute atomic E-state index is 10.6. The minimum atomic E-state index is 0.286. The fourth-order valence-electron chi connectivity index (χ4n) is 1.41. The molecule has 0 fully saturated rings. The molecule has 0 saturated carbocycles. The van der Waals surface area contributed by atoms with Crippen LogP contribution in [0.2, 0.25) is 0 Å². The lowest BCUT2D eigenvalue weighted by Gasteiger charge is -2.10. The Bertz CT molecular complexity index is 128. The summed E-state index contributed by atoms with van der Waals surface area (Å²) in [5.41, 5.74) is 0. The van der Waals surface area contributed by atoms with E-state index in [1.54, 1.807) is 6.92 Å². The Morgan fingerprint density at radius 2 is 2.00 bits per heavy atom. The van der Waals surface area contributed by atoms with Crippen LogP contribution < -0.4 is 0 Å². The number of rotatable bonds is 8. The molecule has 0 bridgehead atoms. The second kappa shape index (κ2) is 8.24. The minimum absolute atomic E-state index is 0.286. The maximum Gasteiger partial charge on any atom is 0.129 e. The van der Waals surface area contributed by atoms with Gasteiger partial charge in [0.05, 0.1) is 0 Å². The predicted octanol–water partition coefficient (Wildman–Crippen LogP) is 2.54. The Balaban J connectivity index is 3.19. The standard InChI is InChI=1S/C11H22O2/c1-3-11(9-12)8-6-4-5-7-10(2)13/h11-12H,3-9H2,1-2H3. The van der Waals surface area contributed by atoms with Crippen molar-refractivity contribution in [1.29, 1.82) is 0 Å². The van der Waals surface area contributed by atoms with Crippen LogP contribution in [0.5, 0.6) is 0 Å². The number of aliphatic hydroxyl groups excluding tert-OH is 1. The van der Waals surface area contributed by atoms with Crippen LogP contribution in [0.3, 0.4) is 0 Å². The Morgan fingerprint density at radius 3 is 2.46 bits per heavy atom. The molecule has 0 aromatic heterocycles. The summed E-state index contributed by atoms with van der Waals surface area (Å²) < 4.78 is 0. The van der Waals surface area contributed by atoms with Gasteiger partial charge in [-0.2, -0.15) is 0 Å². The lowest BCUT2D eigenvalue weighted by atomic mass is 9.99. The van der Waals surface area contributed by atoms with E-state index in [1.807, 2.05) is 0 Å². The molecule has 78 valence electrons. The molecule has 0 radical (unpaired) electrons. The summed E-state index contributed by atoms with van der Waals surface area (Å²) in [4.78, 5) is 10.6. The van der Waals surface area contributed by atoms with E-state index in [-0.39, 0.29) is 5.78 Å². The van der Waals surface area contributed by atoms with E-state index in [0.29, 0.717) is 12.5 Å². The smallest absolute Gasteiger partial charge is 0.129 e. The molecular formula is C11H22O2. The number of hydrogen-bond acceptors (Lipinski definition) is 2. The van der Waals surface area contributed by atoms with Crippen molar-refractivity contribution in [2.24, 2.45) is 5.92 Å². The van der Waals surface area contributed by atoms with Crippen LogP contribution in [-0.2, 0) is 4.79 Å². The van der Waals surface area contributed by atoms with Gasteiger partial charge in [-0.3, -0.25) is 0 Å². The molecule has 0 rings (SSSR count). The largest absolute Gasteiger partial charge is 0.396 e. The first kappa shape index (κ1) is 12.6. The monoisotopic (exact) mass is 186 g/mol. The third kappa shape index (κ3) is 7.97.